The number of hydrogen-bond donors (Lipinski definition) is 2. The fourth-order valence-electron chi connectivity index (χ4n) is 3.13. The molecule has 4 heteroatoms. The molecule has 20 heavy (non-hydrogen) atoms. The molecule has 3 nitrogen and oxygen atoms in total. The van der Waals surface area contributed by atoms with Gasteiger partial charge in [-0.25, -0.2) is 0 Å². The molecule has 1 fully saturated rings. The summed E-state index contributed by atoms with van der Waals surface area (Å²) < 4.78 is 0. The Morgan fingerprint density at radius 3 is 2.60 bits per heavy atom. The second-order valence-corrected chi connectivity index (χ2v) is 6.01. The predicted octanol–water partition coefficient (Wildman–Crippen LogP) is 2.76. The summed E-state index contributed by atoms with van der Waals surface area (Å²) in [6.45, 7) is 2.92. The SMILES string of the molecule is Cc1cc(N(CCO)C2CCCCC2)ccc1C(N)=S. The lowest BCUT2D eigenvalue weighted by atomic mass is 9.93. The number of aliphatic hydroxyl groups is 1. The predicted molar refractivity (Wildman–Crippen MR) is 88.4 cm³/mol. The quantitative estimate of drug-likeness (QED) is 0.819. The molecule has 110 valence electrons. The Morgan fingerprint density at radius 2 is 2.05 bits per heavy atom. The van der Waals surface area contributed by atoms with Gasteiger partial charge in [-0.15, -0.1) is 0 Å². The lowest BCUT2D eigenvalue weighted by molar-refractivity contribution is 0.290. The van der Waals surface area contributed by atoms with Gasteiger partial charge in [0.25, 0.3) is 0 Å². The highest BCUT2D eigenvalue weighted by Gasteiger charge is 2.21. The van der Waals surface area contributed by atoms with Crippen LogP contribution in [-0.4, -0.2) is 29.3 Å². The summed E-state index contributed by atoms with van der Waals surface area (Å²) in [7, 11) is 0. The zero-order valence-corrected chi connectivity index (χ0v) is 13.0. The maximum atomic E-state index is 9.36. The van der Waals surface area contributed by atoms with Crippen LogP contribution >= 0.6 is 12.2 Å². The first-order valence-electron chi connectivity index (χ1n) is 7.41. The highest BCUT2D eigenvalue weighted by molar-refractivity contribution is 7.80. The number of anilines is 1. The van der Waals surface area contributed by atoms with E-state index >= 15 is 0 Å². The van der Waals surface area contributed by atoms with Crippen LogP contribution in [-0.2, 0) is 0 Å². The minimum Gasteiger partial charge on any atom is -0.395 e. The van der Waals surface area contributed by atoms with Crippen LogP contribution in [0.5, 0.6) is 0 Å². The standard InChI is InChI=1S/C16H24N2OS/c1-12-11-14(7-8-15(12)16(17)20)18(9-10-19)13-5-3-2-4-6-13/h7-8,11,13,19H,2-6,9-10H2,1H3,(H2,17,20). The van der Waals surface area contributed by atoms with E-state index < -0.39 is 0 Å². The molecule has 2 rings (SSSR count). The van der Waals surface area contributed by atoms with Gasteiger partial charge in [-0.1, -0.05) is 31.5 Å². The molecule has 0 saturated heterocycles. The van der Waals surface area contributed by atoms with Gasteiger partial charge in [0.15, 0.2) is 0 Å². The second-order valence-electron chi connectivity index (χ2n) is 5.57. The van der Waals surface area contributed by atoms with Gasteiger partial charge in [-0.2, -0.15) is 0 Å². The Morgan fingerprint density at radius 1 is 1.35 bits per heavy atom. The molecular weight excluding hydrogens is 268 g/mol. The number of nitrogens with zero attached hydrogens (tertiary/aromatic N) is 1. The van der Waals surface area contributed by atoms with Crippen molar-refractivity contribution in [3.8, 4) is 0 Å². The molecule has 1 aliphatic carbocycles. The summed E-state index contributed by atoms with van der Waals surface area (Å²) in [4.78, 5) is 2.79. The van der Waals surface area contributed by atoms with Crippen molar-refractivity contribution in [2.75, 3.05) is 18.1 Å². The van der Waals surface area contributed by atoms with Crippen LogP contribution in [0.1, 0.15) is 43.2 Å². The summed E-state index contributed by atoms with van der Waals surface area (Å²) in [6.07, 6.45) is 6.35. The van der Waals surface area contributed by atoms with Gasteiger partial charge in [-0.3, -0.25) is 0 Å². The van der Waals surface area contributed by atoms with Crippen LogP contribution in [0.4, 0.5) is 5.69 Å². The summed E-state index contributed by atoms with van der Waals surface area (Å²) >= 11 is 5.06. The summed E-state index contributed by atoms with van der Waals surface area (Å²) in [5.41, 5.74) is 8.94. The van der Waals surface area contributed by atoms with Crippen LogP contribution in [0.2, 0.25) is 0 Å². The molecule has 1 aromatic rings. The van der Waals surface area contributed by atoms with E-state index in [0.29, 0.717) is 17.6 Å². The van der Waals surface area contributed by atoms with Gasteiger partial charge in [0.2, 0.25) is 0 Å². The van der Waals surface area contributed by atoms with E-state index in [2.05, 4.69) is 17.0 Å². The molecule has 0 aromatic heterocycles. The largest absolute Gasteiger partial charge is 0.395 e. The van der Waals surface area contributed by atoms with Crippen molar-refractivity contribution in [3.05, 3.63) is 29.3 Å². The van der Waals surface area contributed by atoms with Crippen LogP contribution < -0.4 is 10.6 Å². The van der Waals surface area contributed by atoms with E-state index in [9.17, 15) is 5.11 Å². The number of hydrogen-bond acceptors (Lipinski definition) is 3. The number of thiocarbonyl (C=S) groups is 1. The molecule has 3 N–H and O–H groups in total. The lowest BCUT2D eigenvalue weighted by Crippen LogP contribution is -2.39. The molecular formula is C16H24N2OS. The fraction of sp³-hybridized carbons (Fsp3) is 0.562. The zero-order chi connectivity index (χ0) is 14.5. The first-order chi connectivity index (χ1) is 9.63. The molecule has 0 bridgehead atoms. The molecule has 0 atom stereocenters. The van der Waals surface area contributed by atoms with Crippen molar-refractivity contribution in [1.82, 2.24) is 0 Å². The van der Waals surface area contributed by atoms with E-state index in [1.165, 1.54) is 37.8 Å². The van der Waals surface area contributed by atoms with Crippen LogP contribution in [0, 0.1) is 6.92 Å². The Labute approximate surface area is 126 Å². The van der Waals surface area contributed by atoms with E-state index in [0.717, 1.165) is 11.1 Å². The van der Waals surface area contributed by atoms with Gasteiger partial charge in [0.05, 0.1) is 6.61 Å². The highest BCUT2D eigenvalue weighted by atomic mass is 32.1. The fourth-order valence-corrected chi connectivity index (χ4v) is 3.35. The first kappa shape index (κ1) is 15.3. The minimum atomic E-state index is 0.187. The van der Waals surface area contributed by atoms with Crippen LogP contribution in [0.15, 0.2) is 18.2 Å². The Kier molecular flexibility index (Phi) is 5.38. The van der Waals surface area contributed by atoms with E-state index in [1.54, 1.807) is 0 Å². The maximum absolute atomic E-state index is 9.36. The Hall–Kier alpha value is -1.13. The van der Waals surface area contributed by atoms with Gasteiger partial charge < -0.3 is 15.7 Å². The van der Waals surface area contributed by atoms with Crippen molar-refractivity contribution in [2.45, 2.75) is 45.1 Å². The molecule has 0 heterocycles. The topological polar surface area (TPSA) is 49.5 Å². The molecule has 1 aliphatic rings. The molecule has 0 unspecified atom stereocenters. The highest BCUT2D eigenvalue weighted by Crippen LogP contribution is 2.28. The lowest BCUT2D eigenvalue weighted by Gasteiger charge is -2.36. The van der Waals surface area contributed by atoms with Crippen LogP contribution in [0.3, 0.4) is 0 Å². The number of aryl methyl sites for hydroxylation is 1. The minimum absolute atomic E-state index is 0.187. The van der Waals surface area contributed by atoms with Gasteiger partial charge in [-0.05, 0) is 43.5 Å². The van der Waals surface area contributed by atoms with Crippen molar-refractivity contribution in [1.29, 1.82) is 0 Å². The average Bonchev–Trinajstić information content (AvgIpc) is 2.45. The molecule has 1 aromatic carbocycles. The number of benzene rings is 1. The van der Waals surface area contributed by atoms with Gasteiger partial charge in [0.1, 0.15) is 4.99 Å². The molecule has 0 spiro atoms. The number of nitrogens with two attached hydrogens (primary N) is 1. The van der Waals surface area contributed by atoms with Gasteiger partial charge >= 0.3 is 0 Å². The first-order valence-corrected chi connectivity index (χ1v) is 7.82. The van der Waals surface area contributed by atoms with E-state index in [-0.39, 0.29) is 6.61 Å². The third-order valence-electron chi connectivity index (χ3n) is 4.16. The molecule has 0 amide bonds. The van der Waals surface area contributed by atoms with Crippen molar-refractivity contribution in [2.24, 2.45) is 5.73 Å². The van der Waals surface area contributed by atoms with Gasteiger partial charge in [0, 0.05) is 23.8 Å². The molecule has 0 aliphatic heterocycles. The smallest absolute Gasteiger partial charge is 0.104 e. The van der Waals surface area contributed by atoms with E-state index in [4.69, 9.17) is 18.0 Å². The summed E-state index contributed by atoms with van der Waals surface area (Å²) in [5, 5.41) is 9.36. The van der Waals surface area contributed by atoms with Crippen LogP contribution in [0.25, 0.3) is 0 Å². The third-order valence-corrected chi connectivity index (χ3v) is 4.38. The Bertz CT molecular complexity index is 470. The normalized spacial score (nSPS) is 16.1. The second kappa shape index (κ2) is 7.04. The summed E-state index contributed by atoms with van der Waals surface area (Å²) in [6, 6.07) is 6.76. The summed E-state index contributed by atoms with van der Waals surface area (Å²) in [5.74, 6) is 0. The van der Waals surface area contributed by atoms with Crippen molar-refractivity contribution < 1.29 is 5.11 Å². The zero-order valence-electron chi connectivity index (χ0n) is 12.1. The number of aliphatic hydroxyl groups excluding tert-OH is 1. The third kappa shape index (κ3) is 3.49. The molecule has 0 radical (unpaired) electrons. The van der Waals surface area contributed by atoms with Crippen molar-refractivity contribution in [3.63, 3.8) is 0 Å². The Balaban J connectivity index is 2.24. The van der Waals surface area contributed by atoms with E-state index in [1.807, 2.05) is 13.0 Å². The maximum Gasteiger partial charge on any atom is 0.104 e. The molecule has 1 saturated carbocycles. The number of rotatable bonds is 5. The van der Waals surface area contributed by atoms with Crippen molar-refractivity contribution >= 4 is 22.9 Å². The monoisotopic (exact) mass is 292 g/mol. The average molecular weight is 292 g/mol.